The molecule has 0 N–H and O–H groups in total. The second-order valence-electron chi connectivity index (χ2n) is 8.00. The Bertz CT molecular complexity index is 1280. The maximum Gasteiger partial charge on any atom is 0.352 e. The van der Waals surface area contributed by atoms with Crippen LogP contribution in [0.2, 0.25) is 5.02 Å². The van der Waals surface area contributed by atoms with Crippen molar-refractivity contribution < 1.29 is 4.79 Å². The van der Waals surface area contributed by atoms with Gasteiger partial charge in [-0.3, -0.25) is 14.2 Å². The molecule has 2 aromatic carbocycles. The van der Waals surface area contributed by atoms with E-state index in [1.54, 1.807) is 29.2 Å². The molecule has 0 bridgehead atoms. The first-order valence-electron chi connectivity index (χ1n) is 10.4. The summed E-state index contributed by atoms with van der Waals surface area (Å²) in [6.07, 6.45) is 0. The van der Waals surface area contributed by atoms with Crippen molar-refractivity contribution in [1.29, 1.82) is 0 Å². The highest BCUT2D eigenvalue weighted by Crippen LogP contribution is 2.13. The minimum absolute atomic E-state index is 0.0332. The maximum absolute atomic E-state index is 13.3. The topological polar surface area (TPSA) is 80.4 Å². The molecule has 0 unspecified atom stereocenters. The summed E-state index contributed by atoms with van der Waals surface area (Å²) in [6, 6.07) is 14.1. The van der Waals surface area contributed by atoms with E-state index in [2.05, 4.69) is 10.00 Å². The fraction of sp³-hybridized carbons (Fsp3) is 0.304. The number of hydrogen-bond acceptors (Lipinski definition) is 5. The van der Waals surface area contributed by atoms with Gasteiger partial charge in [0.15, 0.2) is 0 Å². The summed E-state index contributed by atoms with van der Waals surface area (Å²) in [5.41, 5.74) is 0.571. The molecule has 0 aliphatic carbocycles. The summed E-state index contributed by atoms with van der Waals surface area (Å²) >= 11 is 6.11. The van der Waals surface area contributed by atoms with E-state index in [-0.39, 0.29) is 12.2 Å². The smallest absolute Gasteiger partial charge is 0.335 e. The Labute approximate surface area is 190 Å². The lowest BCUT2D eigenvalue weighted by molar-refractivity contribution is 0.0652. The van der Waals surface area contributed by atoms with Gasteiger partial charge in [-0.05, 0) is 37.7 Å². The van der Waals surface area contributed by atoms with Gasteiger partial charge in [-0.15, -0.1) is 0 Å². The fourth-order valence-corrected chi connectivity index (χ4v) is 3.90. The first-order valence-corrected chi connectivity index (χ1v) is 10.7. The normalized spacial score (nSPS) is 14.5. The van der Waals surface area contributed by atoms with Crippen LogP contribution >= 0.6 is 11.6 Å². The van der Waals surface area contributed by atoms with Crippen LogP contribution in [0.15, 0.2) is 58.1 Å². The molecule has 0 saturated carbocycles. The number of aryl methyl sites for hydroxylation is 1. The zero-order valence-corrected chi connectivity index (χ0v) is 18.7. The van der Waals surface area contributed by atoms with Gasteiger partial charge in [-0.2, -0.15) is 9.78 Å². The molecule has 0 atom stereocenters. The van der Waals surface area contributed by atoms with Crippen molar-refractivity contribution in [2.24, 2.45) is 0 Å². The molecule has 9 heteroatoms. The van der Waals surface area contributed by atoms with E-state index in [0.717, 1.165) is 20.4 Å². The van der Waals surface area contributed by atoms with Gasteiger partial charge in [-0.25, -0.2) is 4.79 Å². The minimum Gasteiger partial charge on any atom is -0.335 e. The van der Waals surface area contributed by atoms with Crippen LogP contribution < -0.4 is 11.2 Å². The van der Waals surface area contributed by atoms with E-state index in [4.69, 9.17) is 11.6 Å². The van der Waals surface area contributed by atoms with Crippen molar-refractivity contribution in [1.82, 2.24) is 24.1 Å². The number of hydrogen-bond donors (Lipinski definition) is 0. The largest absolute Gasteiger partial charge is 0.352 e. The summed E-state index contributed by atoms with van der Waals surface area (Å²) in [5, 5.41) is 4.62. The lowest BCUT2D eigenvalue weighted by Gasteiger charge is -2.32. The van der Waals surface area contributed by atoms with Crippen molar-refractivity contribution in [3.8, 4) is 5.69 Å². The molecule has 8 nitrogen and oxygen atoms in total. The Hall–Kier alpha value is -3.23. The molecule has 166 valence electrons. The third kappa shape index (κ3) is 4.51. The van der Waals surface area contributed by atoms with Crippen molar-refractivity contribution >= 4 is 17.5 Å². The van der Waals surface area contributed by atoms with Crippen LogP contribution in [-0.2, 0) is 6.54 Å². The number of nitrogens with zero attached hydrogens (tertiary/aromatic N) is 5. The standard InChI is InChI=1S/C23H24ClN5O3/c1-16-5-3-6-17(13-16)15-28-22(31)20(21(30)27-11-9-26(2)10-12-27)25-29(23(28)32)19-8-4-7-18(24)14-19/h3-8,13-14H,9-12,15H2,1-2H3. The highest BCUT2D eigenvalue weighted by atomic mass is 35.5. The molecule has 0 radical (unpaired) electrons. The number of aromatic nitrogens is 3. The van der Waals surface area contributed by atoms with Crippen molar-refractivity contribution in [3.63, 3.8) is 0 Å². The highest BCUT2D eigenvalue weighted by Gasteiger charge is 2.27. The number of halogens is 1. The van der Waals surface area contributed by atoms with Gasteiger partial charge in [0, 0.05) is 31.2 Å². The average Bonchev–Trinajstić information content (AvgIpc) is 2.77. The SMILES string of the molecule is Cc1cccc(Cn2c(=O)c(C(=O)N3CCN(C)CC3)nn(-c3cccc(Cl)c3)c2=O)c1. The maximum atomic E-state index is 13.3. The van der Waals surface area contributed by atoms with Crippen LogP contribution in [0.1, 0.15) is 21.6 Å². The summed E-state index contributed by atoms with van der Waals surface area (Å²) in [6.45, 7) is 4.36. The summed E-state index contributed by atoms with van der Waals surface area (Å²) in [7, 11) is 1.98. The summed E-state index contributed by atoms with van der Waals surface area (Å²) in [4.78, 5) is 43.5. The molecule has 2 heterocycles. The van der Waals surface area contributed by atoms with E-state index < -0.39 is 17.2 Å². The van der Waals surface area contributed by atoms with Crippen LogP contribution in [0.3, 0.4) is 0 Å². The van der Waals surface area contributed by atoms with Gasteiger partial charge in [0.2, 0.25) is 5.69 Å². The summed E-state index contributed by atoms with van der Waals surface area (Å²) < 4.78 is 2.14. The molecule has 0 spiro atoms. The zero-order chi connectivity index (χ0) is 22.8. The van der Waals surface area contributed by atoms with Gasteiger partial charge in [0.1, 0.15) is 0 Å². The number of benzene rings is 2. The van der Waals surface area contributed by atoms with Crippen LogP contribution in [-0.4, -0.2) is 63.3 Å². The van der Waals surface area contributed by atoms with Gasteiger partial charge in [-0.1, -0.05) is 47.5 Å². The Morgan fingerprint density at radius 1 is 1.03 bits per heavy atom. The fourth-order valence-electron chi connectivity index (χ4n) is 3.72. The molecule has 1 amide bonds. The predicted octanol–water partition coefficient (Wildman–Crippen LogP) is 1.79. The second kappa shape index (κ2) is 9.10. The quantitative estimate of drug-likeness (QED) is 0.601. The molecule has 1 aliphatic rings. The van der Waals surface area contributed by atoms with Crippen LogP contribution in [0, 0.1) is 6.92 Å². The number of carbonyl (C=O) groups excluding carboxylic acids is 1. The number of carbonyl (C=O) groups is 1. The first-order chi connectivity index (χ1) is 15.3. The molecular weight excluding hydrogens is 430 g/mol. The number of likely N-dealkylation sites (N-methyl/N-ethyl adjacent to an activating group) is 1. The van der Waals surface area contributed by atoms with Crippen molar-refractivity contribution in [2.75, 3.05) is 33.2 Å². The molecule has 4 rings (SSSR count). The lowest BCUT2D eigenvalue weighted by Crippen LogP contribution is -2.51. The second-order valence-corrected chi connectivity index (χ2v) is 8.44. The molecule has 1 aliphatic heterocycles. The summed E-state index contributed by atoms with van der Waals surface area (Å²) in [5.74, 6) is -0.475. The number of amides is 1. The number of piperazine rings is 1. The van der Waals surface area contributed by atoms with Crippen LogP contribution in [0.4, 0.5) is 0 Å². The molecule has 1 aromatic heterocycles. The van der Waals surface area contributed by atoms with Crippen molar-refractivity contribution in [2.45, 2.75) is 13.5 Å². The predicted molar refractivity (Wildman–Crippen MR) is 123 cm³/mol. The third-order valence-electron chi connectivity index (χ3n) is 5.53. The molecule has 3 aromatic rings. The molecule has 1 saturated heterocycles. The van der Waals surface area contributed by atoms with E-state index in [9.17, 15) is 14.4 Å². The van der Waals surface area contributed by atoms with Crippen LogP contribution in [0.5, 0.6) is 0 Å². The third-order valence-corrected chi connectivity index (χ3v) is 5.76. The van der Waals surface area contributed by atoms with Gasteiger partial charge >= 0.3 is 5.69 Å². The molecule has 1 fully saturated rings. The Morgan fingerprint density at radius 2 is 1.75 bits per heavy atom. The van der Waals surface area contributed by atoms with Gasteiger partial charge < -0.3 is 9.80 Å². The van der Waals surface area contributed by atoms with Crippen LogP contribution in [0.25, 0.3) is 5.69 Å². The highest BCUT2D eigenvalue weighted by molar-refractivity contribution is 6.30. The Balaban J connectivity index is 1.85. The van der Waals surface area contributed by atoms with E-state index in [1.165, 1.54) is 0 Å². The average molecular weight is 454 g/mol. The van der Waals surface area contributed by atoms with Gasteiger partial charge in [0.05, 0.1) is 12.2 Å². The Kier molecular flexibility index (Phi) is 6.25. The number of rotatable bonds is 4. The van der Waals surface area contributed by atoms with E-state index >= 15 is 0 Å². The van der Waals surface area contributed by atoms with E-state index in [1.807, 2.05) is 38.2 Å². The van der Waals surface area contributed by atoms with Crippen molar-refractivity contribution in [3.05, 3.63) is 91.2 Å². The Morgan fingerprint density at radius 3 is 2.44 bits per heavy atom. The first kappa shape index (κ1) is 22.0. The molecule has 32 heavy (non-hydrogen) atoms. The van der Waals surface area contributed by atoms with E-state index in [0.29, 0.717) is 36.9 Å². The minimum atomic E-state index is -0.696. The lowest BCUT2D eigenvalue weighted by atomic mass is 10.1. The van der Waals surface area contributed by atoms with Gasteiger partial charge in [0.25, 0.3) is 11.5 Å². The molecular formula is C23H24ClN5O3. The monoisotopic (exact) mass is 453 g/mol. The zero-order valence-electron chi connectivity index (χ0n) is 18.0.